The first-order chi connectivity index (χ1) is 12.6. The van der Waals surface area contributed by atoms with E-state index in [4.69, 9.17) is 11.6 Å². The molecule has 1 aromatic heterocycles. The van der Waals surface area contributed by atoms with Crippen LogP contribution in [0.2, 0.25) is 5.02 Å². The molecule has 3 atom stereocenters. The van der Waals surface area contributed by atoms with Gasteiger partial charge in [-0.2, -0.15) is 0 Å². The van der Waals surface area contributed by atoms with Gasteiger partial charge >= 0.3 is 0 Å². The van der Waals surface area contributed by atoms with Crippen LogP contribution in [0.1, 0.15) is 35.4 Å². The van der Waals surface area contributed by atoms with Gasteiger partial charge in [0.15, 0.2) is 5.13 Å². The van der Waals surface area contributed by atoms with Gasteiger partial charge in [0, 0.05) is 28.9 Å². The van der Waals surface area contributed by atoms with Gasteiger partial charge in [0.2, 0.25) is 5.91 Å². The lowest BCUT2D eigenvalue weighted by atomic mass is 9.77. The molecule has 3 unspecified atom stereocenters. The monoisotopic (exact) mass is 390 g/mol. The molecule has 138 valence electrons. The van der Waals surface area contributed by atoms with Gasteiger partial charge in [-0.15, -0.1) is 11.3 Å². The highest BCUT2D eigenvalue weighted by Gasteiger charge is 2.40. The van der Waals surface area contributed by atoms with Crippen molar-refractivity contribution < 1.29 is 4.79 Å². The van der Waals surface area contributed by atoms with Gasteiger partial charge in [0.25, 0.3) is 0 Å². The standard InChI is InChI=1S/C19H23ClN4OS/c1-11-16(9-12-5-2-3-8-15(12)20)26-19(22-11)23-18(25)14-7-4-6-13-10-21-24-17(13)14/h2-3,5,8,13-14,17,21,24H,4,6-7,9-10H2,1H3,(H,22,23,25). The highest BCUT2D eigenvalue weighted by molar-refractivity contribution is 7.15. The van der Waals surface area contributed by atoms with Crippen molar-refractivity contribution in [2.75, 3.05) is 11.9 Å². The van der Waals surface area contributed by atoms with E-state index >= 15 is 0 Å². The number of thiazole rings is 1. The lowest BCUT2D eigenvalue weighted by molar-refractivity contribution is -0.121. The number of hydrazine groups is 1. The predicted octanol–water partition coefficient (Wildman–Crippen LogP) is 3.53. The molecule has 0 radical (unpaired) electrons. The Morgan fingerprint density at radius 1 is 1.38 bits per heavy atom. The molecule has 26 heavy (non-hydrogen) atoms. The molecule has 1 saturated heterocycles. The molecule has 2 aliphatic rings. The van der Waals surface area contributed by atoms with Gasteiger partial charge in [0.1, 0.15) is 0 Å². The zero-order valence-corrected chi connectivity index (χ0v) is 16.3. The van der Waals surface area contributed by atoms with E-state index < -0.39 is 0 Å². The lowest BCUT2D eigenvalue weighted by Crippen LogP contribution is -2.45. The van der Waals surface area contributed by atoms with Crippen molar-refractivity contribution in [3.05, 3.63) is 45.4 Å². The number of halogens is 1. The highest BCUT2D eigenvalue weighted by Crippen LogP contribution is 2.33. The minimum absolute atomic E-state index is 0.0000242. The Labute approximate surface area is 162 Å². The van der Waals surface area contributed by atoms with Gasteiger partial charge in [-0.1, -0.05) is 36.2 Å². The summed E-state index contributed by atoms with van der Waals surface area (Å²) in [6.45, 7) is 2.93. The summed E-state index contributed by atoms with van der Waals surface area (Å²) in [6, 6.07) is 8.08. The third-order valence-corrected chi connectivity index (χ3v) is 6.87. The number of nitrogens with one attached hydrogen (secondary N) is 3. The van der Waals surface area contributed by atoms with Gasteiger partial charge in [-0.3, -0.25) is 15.6 Å². The molecule has 3 N–H and O–H groups in total. The molecule has 4 rings (SSSR count). The van der Waals surface area contributed by atoms with Crippen molar-refractivity contribution in [3.63, 3.8) is 0 Å². The smallest absolute Gasteiger partial charge is 0.230 e. The third kappa shape index (κ3) is 3.64. The number of benzene rings is 1. The maximum atomic E-state index is 12.8. The highest BCUT2D eigenvalue weighted by atomic mass is 35.5. The average Bonchev–Trinajstić information content (AvgIpc) is 3.23. The Kier molecular flexibility index (Phi) is 5.27. The van der Waals surface area contributed by atoms with Crippen molar-refractivity contribution >= 4 is 34.0 Å². The van der Waals surface area contributed by atoms with Crippen LogP contribution >= 0.6 is 22.9 Å². The van der Waals surface area contributed by atoms with Crippen molar-refractivity contribution in [2.24, 2.45) is 11.8 Å². The maximum absolute atomic E-state index is 12.8. The first-order valence-electron chi connectivity index (χ1n) is 9.11. The van der Waals surface area contributed by atoms with Crippen LogP contribution in [0.3, 0.4) is 0 Å². The predicted molar refractivity (Wildman–Crippen MR) is 105 cm³/mol. The molecule has 2 aromatic rings. The van der Waals surface area contributed by atoms with Gasteiger partial charge in [-0.05, 0) is 37.3 Å². The van der Waals surface area contributed by atoms with Crippen LogP contribution in [0.5, 0.6) is 0 Å². The van der Waals surface area contributed by atoms with Crippen LogP contribution < -0.4 is 16.2 Å². The summed E-state index contributed by atoms with van der Waals surface area (Å²) in [5.74, 6) is 0.627. The topological polar surface area (TPSA) is 66.0 Å². The fourth-order valence-electron chi connectivity index (χ4n) is 4.00. The van der Waals surface area contributed by atoms with E-state index in [0.717, 1.165) is 47.0 Å². The number of anilines is 1. The number of aromatic nitrogens is 1. The fraction of sp³-hybridized carbons (Fsp3) is 0.474. The number of fused-ring (bicyclic) bond motifs is 1. The largest absolute Gasteiger partial charge is 0.302 e. The van der Waals surface area contributed by atoms with Crippen molar-refractivity contribution in [1.82, 2.24) is 15.8 Å². The first kappa shape index (κ1) is 17.9. The number of carbonyl (C=O) groups is 1. The number of nitrogens with zero attached hydrogens (tertiary/aromatic N) is 1. The van der Waals surface area contributed by atoms with Crippen LogP contribution in [0.25, 0.3) is 0 Å². The molecule has 0 spiro atoms. The Morgan fingerprint density at radius 3 is 3.08 bits per heavy atom. The number of hydrogen-bond acceptors (Lipinski definition) is 5. The number of rotatable bonds is 4. The molecule has 1 aliphatic carbocycles. The molecule has 2 fully saturated rings. The summed E-state index contributed by atoms with van der Waals surface area (Å²) in [7, 11) is 0. The van der Waals surface area contributed by atoms with Gasteiger partial charge in [-0.25, -0.2) is 4.98 Å². The Hall–Kier alpha value is -1.47. The van der Waals surface area contributed by atoms with E-state index in [2.05, 4.69) is 21.2 Å². The molecule has 1 amide bonds. The van der Waals surface area contributed by atoms with Crippen molar-refractivity contribution in [1.29, 1.82) is 0 Å². The Morgan fingerprint density at radius 2 is 2.23 bits per heavy atom. The second kappa shape index (κ2) is 7.64. The van der Waals surface area contributed by atoms with Crippen LogP contribution in [0.15, 0.2) is 24.3 Å². The Bertz CT molecular complexity index is 809. The summed E-state index contributed by atoms with van der Waals surface area (Å²) in [6.07, 6.45) is 3.96. The maximum Gasteiger partial charge on any atom is 0.230 e. The zero-order chi connectivity index (χ0) is 18.1. The van der Waals surface area contributed by atoms with Crippen LogP contribution in [0.4, 0.5) is 5.13 Å². The van der Waals surface area contributed by atoms with Crippen LogP contribution in [-0.4, -0.2) is 23.5 Å². The average molecular weight is 391 g/mol. The first-order valence-corrected chi connectivity index (χ1v) is 10.3. The number of hydrogen-bond donors (Lipinski definition) is 3. The molecule has 1 aliphatic heterocycles. The van der Waals surface area contributed by atoms with Crippen molar-refractivity contribution in [3.8, 4) is 0 Å². The number of carbonyl (C=O) groups excluding carboxylic acids is 1. The SMILES string of the molecule is Cc1nc(NC(=O)C2CCCC3CNNC32)sc1Cc1ccccc1Cl. The van der Waals surface area contributed by atoms with Crippen LogP contribution in [-0.2, 0) is 11.2 Å². The molecule has 1 saturated carbocycles. The molecule has 2 heterocycles. The summed E-state index contributed by atoms with van der Waals surface area (Å²) < 4.78 is 0. The van der Waals surface area contributed by atoms with Crippen molar-refractivity contribution in [2.45, 2.75) is 38.6 Å². The van der Waals surface area contributed by atoms with Gasteiger partial charge in [0.05, 0.1) is 11.6 Å². The minimum atomic E-state index is -0.0000242. The van der Waals surface area contributed by atoms with E-state index in [0.29, 0.717) is 11.0 Å². The fourth-order valence-corrected chi connectivity index (χ4v) is 5.19. The quantitative estimate of drug-likeness (QED) is 0.747. The lowest BCUT2D eigenvalue weighted by Gasteiger charge is -2.31. The zero-order valence-electron chi connectivity index (χ0n) is 14.7. The summed E-state index contributed by atoms with van der Waals surface area (Å²) in [5.41, 5.74) is 8.52. The van der Waals surface area contributed by atoms with E-state index in [1.807, 2.05) is 31.2 Å². The van der Waals surface area contributed by atoms with E-state index in [9.17, 15) is 4.79 Å². The molecule has 5 nitrogen and oxygen atoms in total. The second-order valence-electron chi connectivity index (χ2n) is 7.13. The normalized spacial score (nSPS) is 25.1. The number of amides is 1. The molecule has 7 heteroatoms. The Balaban J connectivity index is 1.45. The summed E-state index contributed by atoms with van der Waals surface area (Å²) in [5, 5.41) is 4.50. The minimum Gasteiger partial charge on any atom is -0.302 e. The van der Waals surface area contributed by atoms with E-state index in [-0.39, 0.29) is 17.9 Å². The summed E-state index contributed by atoms with van der Waals surface area (Å²) >= 11 is 7.82. The molecular weight excluding hydrogens is 368 g/mol. The van der Waals surface area contributed by atoms with E-state index in [1.54, 1.807) is 11.3 Å². The molecule has 0 bridgehead atoms. The molecule has 1 aromatic carbocycles. The number of aryl methyl sites for hydroxylation is 1. The van der Waals surface area contributed by atoms with E-state index in [1.165, 1.54) is 6.42 Å². The third-order valence-electron chi connectivity index (χ3n) is 5.43. The van der Waals surface area contributed by atoms with Gasteiger partial charge < -0.3 is 5.32 Å². The second-order valence-corrected chi connectivity index (χ2v) is 8.62. The summed E-state index contributed by atoms with van der Waals surface area (Å²) in [4.78, 5) is 18.5. The van der Waals surface area contributed by atoms with Crippen LogP contribution in [0, 0.1) is 18.8 Å². The molecular formula is C19H23ClN4OS.